The van der Waals surface area contributed by atoms with Crippen LogP contribution in [0.2, 0.25) is 0 Å². The maximum atomic E-state index is 12.5. The molecule has 5 nitrogen and oxygen atoms in total. The summed E-state index contributed by atoms with van der Waals surface area (Å²) in [6.07, 6.45) is 2.51. The van der Waals surface area contributed by atoms with Crippen LogP contribution in [-0.4, -0.2) is 54.7 Å². The number of amides is 1. The van der Waals surface area contributed by atoms with E-state index in [1.54, 1.807) is 0 Å². The van der Waals surface area contributed by atoms with Gasteiger partial charge in [0.1, 0.15) is 0 Å². The lowest BCUT2D eigenvalue weighted by molar-refractivity contribution is -0.130. The molecule has 0 saturated carbocycles. The molecule has 5 heteroatoms. The summed E-state index contributed by atoms with van der Waals surface area (Å²) in [6, 6.07) is 0. The molecule has 2 fully saturated rings. The Balaban J connectivity index is 1.90. The first-order valence-corrected chi connectivity index (χ1v) is 8.63. The molecule has 0 radical (unpaired) electrons. The quantitative estimate of drug-likeness (QED) is 0.823. The fraction of sp³-hybridized carbons (Fsp3) is 0.941. The standard InChI is InChI=1S/C17H33N3O2/c1-13-9-14(2)11-20(10-13)16(3,4)12-19-15(21)17(18)5-7-22-8-6-17/h13-14H,5-12,18H2,1-4H3,(H,19,21). The molecule has 2 unspecified atom stereocenters. The van der Waals surface area contributed by atoms with E-state index >= 15 is 0 Å². The Morgan fingerprint density at radius 3 is 2.36 bits per heavy atom. The van der Waals surface area contributed by atoms with Crippen molar-refractivity contribution in [2.45, 2.75) is 58.0 Å². The zero-order chi connectivity index (χ0) is 16.4. The van der Waals surface area contributed by atoms with E-state index in [4.69, 9.17) is 10.5 Å². The number of rotatable bonds is 4. The molecular formula is C17H33N3O2. The van der Waals surface area contributed by atoms with Crippen molar-refractivity contribution in [1.29, 1.82) is 0 Å². The topological polar surface area (TPSA) is 67.6 Å². The van der Waals surface area contributed by atoms with E-state index in [0.29, 0.717) is 32.6 Å². The van der Waals surface area contributed by atoms with Gasteiger partial charge in [-0.1, -0.05) is 13.8 Å². The Morgan fingerprint density at radius 1 is 1.27 bits per heavy atom. The van der Waals surface area contributed by atoms with Crippen LogP contribution in [0, 0.1) is 11.8 Å². The van der Waals surface area contributed by atoms with Crippen LogP contribution in [0.25, 0.3) is 0 Å². The van der Waals surface area contributed by atoms with Gasteiger partial charge in [0.15, 0.2) is 0 Å². The second-order valence-electron chi connectivity index (χ2n) is 8.11. The minimum Gasteiger partial charge on any atom is -0.381 e. The molecule has 2 aliphatic rings. The molecular weight excluding hydrogens is 278 g/mol. The lowest BCUT2D eigenvalue weighted by Gasteiger charge is -2.45. The Morgan fingerprint density at radius 2 is 1.82 bits per heavy atom. The molecule has 2 heterocycles. The molecule has 2 aliphatic heterocycles. The van der Waals surface area contributed by atoms with Crippen LogP contribution >= 0.6 is 0 Å². The van der Waals surface area contributed by atoms with Gasteiger partial charge in [0.25, 0.3) is 0 Å². The van der Waals surface area contributed by atoms with Gasteiger partial charge in [-0.05, 0) is 44.9 Å². The van der Waals surface area contributed by atoms with Gasteiger partial charge in [0.05, 0.1) is 5.54 Å². The summed E-state index contributed by atoms with van der Waals surface area (Å²) >= 11 is 0. The number of hydrogen-bond acceptors (Lipinski definition) is 4. The summed E-state index contributed by atoms with van der Waals surface area (Å²) in [6.45, 7) is 13.1. The van der Waals surface area contributed by atoms with Crippen LogP contribution in [0.1, 0.15) is 47.0 Å². The second-order valence-corrected chi connectivity index (χ2v) is 8.11. The van der Waals surface area contributed by atoms with Gasteiger partial charge in [-0.25, -0.2) is 0 Å². The highest BCUT2D eigenvalue weighted by Crippen LogP contribution is 2.27. The highest BCUT2D eigenvalue weighted by Gasteiger charge is 2.38. The number of carbonyl (C=O) groups excluding carboxylic acids is 1. The number of hydrogen-bond donors (Lipinski definition) is 2. The van der Waals surface area contributed by atoms with Crippen LogP contribution < -0.4 is 11.1 Å². The van der Waals surface area contributed by atoms with Gasteiger partial charge < -0.3 is 15.8 Å². The van der Waals surface area contributed by atoms with E-state index < -0.39 is 5.54 Å². The Bertz CT molecular complexity index is 381. The summed E-state index contributed by atoms with van der Waals surface area (Å²) < 4.78 is 5.31. The number of nitrogens with one attached hydrogen (secondary N) is 1. The minimum atomic E-state index is -0.753. The molecule has 0 aromatic carbocycles. The summed E-state index contributed by atoms with van der Waals surface area (Å²) in [4.78, 5) is 15.0. The molecule has 2 saturated heterocycles. The highest BCUT2D eigenvalue weighted by molar-refractivity contribution is 5.86. The first-order chi connectivity index (χ1) is 10.2. The van der Waals surface area contributed by atoms with Crippen molar-refractivity contribution in [2.24, 2.45) is 17.6 Å². The molecule has 2 atom stereocenters. The largest absolute Gasteiger partial charge is 0.381 e. The average molecular weight is 311 g/mol. The number of nitrogens with zero attached hydrogens (tertiary/aromatic N) is 1. The average Bonchev–Trinajstić information content (AvgIpc) is 2.44. The monoisotopic (exact) mass is 311 g/mol. The van der Waals surface area contributed by atoms with Gasteiger partial charge >= 0.3 is 0 Å². The predicted octanol–water partition coefficient (Wildman–Crippen LogP) is 1.37. The van der Waals surface area contributed by atoms with E-state index in [1.165, 1.54) is 6.42 Å². The molecule has 0 aliphatic carbocycles. The zero-order valence-electron chi connectivity index (χ0n) is 14.7. The maximum Gasteiger partial charge on any atom is 0.240 e. The molecule has 128 valence electrons. The van der Waals surface area contributed by atoms with Gasteiger partial charge in [-0.15, -0.1) is 0 Å². The number of piperidine rings is 1. The first-order valence-electron chi connectivity index (χ1n) is 8.63. The summed E-state index contributed by atoms with van der Waals surface area (Å²) in [7, 11) is 0. The maximum absolute atomic E-state index is 12.5. The fourth-order valence-electron chi connectivity index (χ4n) is 3.70. The molecule has 0 spiro atoms. The molecule has 1 amide bonds. The van der Waals surface area contributed by atoms with Crippen LogP contribution in [-0.2, 0) is 9.53 Å². The predicted molar refractivity (Wildman–Crippen MR) is 88.6 cm³/mol. The molecule has 0 bridgehead atoms. The number of ether oxygens (including phenoxy) is 1. The minimum absolute atomic E-state index is 0.0259. The number of nitrogens with two attached hydrogens (primary N) is 1. The van der Waals surface area contributed by atoms with Crippen molar-refractivity contribution in [1.82, 2.24) is 10.2 Å². The van der Waals surface area contributed by atoms with E-state index in [9.17, 15) is 4.79 Å². The summed E-state index contributed by atoms with van der Waals surface area (Å²) in [5.41, 5.74) is 5.45. The number of likely N-dealkylation sites (tertiary alicyclic amines) is 1. The second kappa shape index (κ2) is 6.85. The van der Waals surface area contributed by atoms with Gasteiger partial charge in [0, 0.05) is 38.4 Å². The van der Waals surface area contributed by atoms with Crippen molar-refractivity contribution < 1.29 is 9.53 Å². The Hall–Kier alpha value is -0.650. The van der Waals surface area contributed by atoms with Crippen LogP contribution in [0.15, 0.2) is 0 Å². The highest BCUT2D eigenvalue weighted by atomic mass is 16.5. The molecule has 0 aromatic rings. The zero-order valence-corrected chi connectivity index (χ0v) is 14.7. The van der Waals surface area contributed by atoms with E-state index in [-0.39, 0.29) is 11.4 Å². The molecule has 3 N–H and O–H groups in total. The lowest BCUT2D eigenvalue weighted by atomic mass is 9.87. The molecule has 22 heavy (non-hydrogen) atoms. The lowest BCUT2D eigenvalue weighted by Crippen LogP contribution is -2.61. The van der Waals surface area contributed by atoms with Crippen LogP contribution in [0.3, 0.4) is 0 Å². The summed E-state index contributed by atoms with van der Waals surface area (Å²) in [5.74, 6) is 1.41. The van der Waals surface area contributed by atoms with Gasteiger partial charge in [-0.3, -0.25) is 9.69 Å². The molecule has 0 aromatic heterocycles. The van der Waals surface area contributed by atoms with E-state index in [0.717, 1.165) is 24.9 Å². The Labute approximate surface area is 134 Å². The smallest absolute Gasteiger partial charge is 0.240 e. The normalized spacial score (nSPS) is 30.0. The first kappa shape index (κ1) is 17.7. The van der Waals surface area contributed by atoms with Crippen molar-refractivity contribution >= 4 is 5.91 Å². The van der Waals surface area contributed by atoms with Gasteiger partial charge in [-0.2, -0.15) is 0 Å². The molecule has 2 rings (SSSR count). The third-order valence-electron chi connectivity index (χ3n) is 5.24. The SMILES string of the molecule is CC1CC(C)CN(C(C)(C)CNC(=O)C2(N)CCOCC2)C1. The fourth-order valence-corrected chi connectivity index (χ4v) is 3.70. The van der Waals surface area contributed by atoms with Crippen LogP contribution in [0.4, 0.5) is 0 Å². The summed E-state index contributed by atoms with van der Waals surface area (Å²) in [5, 5.41) is 3.10. The van der Waals surface area contributed by atoms with Gasteiger partial charge in [0.2, 0.25) is 5.91 Å². The van der Waals surface area contributed by atoms with Crippen molar-refractivity contribution in [2.75, 3.05) is 32.8 Å². The Kier molecular flexibility index (Phi) is 5.51. The third-order valence-corrected chi connectivity index (χ3v) is 5.24. The van der Waals surface area contributed by atoms with Crippen LogP contribution in [0.5, 0.6) is 0 Å². The van der Waals surface area contributed by atoms with Crippen molar-refractivity contribution in [3.05, 3.63) is 0 Å². The number of carbonyl (C=O) groups is 1. The van der Waals surface area contributed by atoms with E-state index in [1.807, 2.05) is 0 Å². The van der Waals surface area contributed by atoms with Crippen molar-refractivity contribution in [3.63, 3.8) is 0 Å². The third kappa shape index (κ3) is 4.21. The van der Waals surface area contributed by atoms with Crippen molar-refractivity contribution in [3.8, 4) is 0 Å². The van der Waals surface area contributed by atoms with E-state index in [2.05, 4.69) is 37.9 Å².